The first-order valence-corrected chi connectivity index (χ1v) is 10.9. The van der Waals surface area contributed by atoms with Gasteiger partial charge in [-0.1, -0.05) is 0 Å². The molecule has 0 saturated carbocycles. The van der Waals surface area contributed by atoms with E-state index in [1.54, 1.807) is 7.11 Å². The van der Waals surface area contributed by atoms with Crippen LogP contribution in [-0.2, 0) is 17.6 Å². The van der Waals surface area contributed by atoms with Crippen LogP contribution < -0.4 is 4.74 Å². The molecule has 2 aromatic heterocycles. The van der Waals surface area contributed by atoms with Gasteiger partial charge >= 0.3 is 5.97 Å². The van der Waals surface area contributed by atoms with Crippen LogP contribution in [0, 0.1) is 13.8 Å². The lowest BCUT2D eigenvalue weighted by Gasteiger charge is -2.10. The molecule has 2 heterocycles. The normalized spacial score (nSPS) is 13.0. The number of hydrogen-bond acceptors (Lipinski definition) is 5. The van der Waals surface area contributed by atoms with Gasteiger partial charge in [0.15, 0.2) is 6.61 Å². The van der Waals surface area contributed by atoms with E-state index in [0.29, 0.717) is 10.4 Å². The van der Waals surface area contributed by atoms with Crippen molar-refractivity contribution >= 4 is 23.1 Å². The Morgan fingerprint density at radius 1 is 1.07 bits per heavy atom. The fraction of sp³-hybridized carbons (Fsp3) is 0.333. The Kier molecular flexibility index (Phi) is 5.77. The van der Waals surface area contributed by atoms with E-state index in [9.17, 15) is 9.59 Å². The van der Waals surface area contributed by atoms with Crippen LogP contribution in [0.1, 0.15) is 54.7 Å². The molecule has 0 atom stereocenters. The van der Waals surface area contributed by atoms with Gasteiger partial charge in [0.25, 0.3) is 0 Å². The molecule has 0 amide bonds. The van der Waals surface area contributed by atoms with Crippen molar-refractivity contribution in [3.05, 3.63) is 68.7 Å². The number of carbonyl (C=O) groups is 2. The zero-order valence-corrected chi connectivity index (χ0v) is 18.3. The number of ether oxygens (including phenoxy) is 2. The first-order chi connectivity index (χ1) is 14.5. The number of methoxy groups -OCH3 is 1. The number of carbonyl (C=O) groups excluding carboxylic acids is 2. The van der Waals surface area contributed by atoms with Crippen LogP contribution in [0.3, 0.4) is 0 Å². The van der Waals surface area contributed by atoms with Crippen LogP contribution in [-0.4, -0.2) is 30.0 Å². The van der Waals surface area contributed by atoms with Gasteiger partial charge in [-0.05, 0) is 81.5 Å². The number of nitrogens with zero attached hydrogens (tertiary/aromatic N) is 1. The Morgan fingerprint density at radius 3 is 2.50 bits per heavy atom. The summed E-state index contributed by atoms with van der Waals surface area (Å²) in [5.41, 5.74) is 4.55. The molecule has 4 rings (SSSR count). The lowest BCUT2D eigenvalue weighted by atomic mass is 9.99. The highest BCUT2D eigenvalue weighted by Gasteiger charge is 2.21. The van der Waals surface area contributed by atoms with Crippen molar-refractivity contribution in [1.29, 1.82) is 0 Å². The van der Waals surface area contributed by atoms with Crippen LogP contribution in [0.4, 0.5) is 0 Å². The van der Waals surface area contributed by atoms with Gasteiger partial charge in [0.1, 0.15) is 10.6 Å². The van der Waals surface area contributed by atoms with E-state index in [1.165, 1.54) is 34.6 Å². The summed E-state index contributed by atoms with van der Waals surface area (Å²) in [6.45, 7) is 3.60. The Balaban J connectivity index is 1.47. The number of esters is 1. The number of rotatable bonds is 6. The smallest absolute Gasteiger partial charge is 0.348 e. The number of hydrogen-bond donors (Lipinski definition) is 0. The predicted octanol–water partition coefficient (Wildman–Crippen LogP) is 5.08. The van der Waals surface area contributed by atoms with Gasteiger partial charge in [0, 0.05) is 27.5 Å². The van der Waals surface area contributed by atoms with Crippen LogP contribution in [0.25, 0.3) is 5.69 Å². The highest BCUT2D eigenvalue weighted by Crippen LogP contribution is 2.30. The van der Waals surface area contributed by atoms with E-state index >= 15 is 0 Å². The average molecular weight is 424 g/mol. The minimum Gasteiger partial charge on any atom is -0.497 e. The molecular weight excluding hydrogens is 398 g/mol. The van der Waals surface area contributed by atoms with Crippen molar-refractivity contribution in [3.63, 3.8) is 0 Å². The quantitative estimate of drug-likeness (QED) is 0.410. The molecule has 0 aliphatic heterocycles. The zero-order valence-electron chi connectivity index (χ0n) is 17.5. The van der Waals surface area contributed by atoms with Crippen molar-refractivity contribution in [2.45, 2.75) is 39.5 Å². The summed E-state index contributed by atoms with van der Waals surface area (Å²) in [5, 5.41) is 0. The molecule has 5 nitrogen and oxygen atoms in total. The minimum atomic E-state index is -0.410. The van der Waals surface area contributed by atoms with E-state index < -0.39 is 5.97 Å². The maximum Gasteiger partial charge on any atom is 0.348 e. The Hall–Kier alpha value is -2.86. The Morgan fingerprint density at radius 2 is 1.80 bits per heavy atom. The summed E-state index contributed by atoms with van der Waals surface area (Å²) in [5.74, 6) is 0.170. The standard InChI is InChI=1S/C24H25NO4S/c1-15-12-20(16(2)25(15)18-8-10-19(28-3)11-9-18)21(26)14-29-24(27)23-13-17-6-4-5-7-22(17)30-23/h8-13H,4-7,14H2,1-3H3. The van der Waals surface area contributed by atoms with Crippen molar-refractivity contribution in [1.82, 2.24) is 4.57 Å². The molecule has 0 saturated heterocycles. The fourth-order valence-electron chi connectivity index (χ4n) is 4.04. The third-order valence-electron chi connectivity index (χ3n) is 5.59. The summed E-state index contributed by atoms with van der Waals surface area (Å²) in [4.78, 5) is 27.1. The molecule has 3 aromatic rings. The molecule has 6 heteroatoms. The van der Waals surface area contributed by atoms with Crippen molar-refractivity contribution < 1.29 is 19.1 Å². The molecule has 0 fully saturated rings. The molecule has 156 valence electrons. The number of aromatic nitrogens is 1. The second-order valence-corrected chi connectivity index (χ2v) is 8.72. The molecule has 0 unspecified atom stereocenters. The average Bonchev–Trinajstić information content (AvgIpc) is 3.32. The summed E-state index contributed by atoms with van der Waals surface area (Å²) < 4.78 is 12.6. The summed E-state index contributed by atoms with van der Waals surface area (Å²) >= 11 is 1.50. The van der Waals surface area contributed by atoms with Crippen molar-refractivity contribution in [2.24, 2.45) is 0 Å². The SMILES string of the molecule is COc1ccc(-n2c(C)cc(C(=O)COC(=O)c3cc4c(s3)CCCC4)c2C)cc1. The van der Waals surface area contributed by atoms with Gasteiger partial charge in [-0.3, -0.25) is 4.79 Å². The van der Waals surface area contributed by atoms with Gasteiger partial charge in [-0.2, -0.15) is 0 Å². The summed E-state index contributed by atoms with van der Waals surface area (Å²) in [6.07, 6.45) is 4.39. The Bertz CT molecular complexity index is 1070. The van der Waals surface area contributed by atoms with E-state index in [1.807, 2.05) is 54.8 Å². The third kappa shape index (κ3) is 3.92. The van der Waals surface area contributed by atoms with Crippen LogP contribution >= 0.6 is 11.3 Å². The van der Waals surface area contributed by atoms with Crippen molar-refractivity contribution in [2.75, 3.05) is 13.7 Å². The first-order valence-electron chi connectivity index (χ1n) is 10.1. The number of benzene rings is 1. The highest BCUT2D eigenvalue weighted by atomic mass is 32.1. The fourth-order valence-corrected chi connectivity index (χ4v) is 5.19. The third-order valence-corrected chi connectivity index (χ3v) is 6.81. The molecule has 0 spiro atoms. The largest absolute Gasteiger partial charge is 0.497 e. The maximum atomic E-state index is 12.8. The van der Waals surface area contributed by atoms with E-state index in [-0.39, 0.29) is 12.4 Å². The molecule has 0 radical (unpaired) electrons. The predicted molar refractivity (Wildman–Crippen MR) is 117 cm³/mol. The van der Waals surface area contributed by atoms with Gasteiger partial charge in [0.05, 0.1) is 7.11 Å². The van der Waals surface area contributed by atoms with Gasteiger partial charge in [0.2, 0.25) is 5.78 Å². The number of Topliss-reactive ketones (excluding diaryl/α,β-unsaturated/α-hetero) is 1. The lowest BCUT2D eigenvalue weighted by Crippen LogP contribution is -2.14. The van der Waals surface area contributed by atoms with E-state index in [2.05, 4.69) is 0 Å². The van der Waals surface area contributed by atoms with E-state index in [0.717, 1.165) is 35.7 Å². The molecule has 30 heavy (non-hydrogen) atoms. The number of ketones is 1. The lowest BCUT2D eigenvalue weighted by molar-refractivity contribution is 0.0479. The van der Waals surface area contributed by atoms with Gasteiger partial charge in [-0.25, -0.2) is 4.79 Å². The topological polar surface area (TPSA) is 57.5 Å². The summed E-state index contributed by atoms with van der Waals surface area (Å²) in [7, 11) is 1.63. The molecule has 1 aliphatic rings. The van der Waals surface area contributed by atoms with Crippen molar-refractivity contribution in [3.8, 4) is 11.4 Å². The molecular formula is C24H25NO4S. The number of aryl methyl sites for hydroxylation is 3. The van der Waals surface area contributed by atoms with E-state index in [4.69, 9.17) is 9.47 Å². The van der Waals surface area contributed by atoms with Gasteiger partial charge in [-0.15, -0.1) is 11.3 Å². The highest BCUT2D eigenvalue weighted by molar-refractivity contribution is 7.14. The number of thiophene rings is 1. The maximum absolute atomic E-state index is 12.8. The molecule has 1 aliphatic carbocycles. The monoisotopic (exact) mass is 423 g/mol. The molecule has 0 bridgehead atoms. The molecule has 0 N–H and O–H groups in total. The van der Waals surface area contributed by atoms with Crippen LogP contribution in [0.2, 0.25) is 0 Å². The Labute approximate surface area is 180 Å². The van der Waals surface area contributed by atoms with Gasteiger partial charge < -0.3 is 14.0 Å². The minimum absolute atomic E-state index is 0.197. The zero-order chi connectivity index (χ0) is 21.3. The second kappa shape index (κ2) is 8.48. The van der Waals surface area contributed by atoms with Crippen LogP contribution in [0.15, 0.2) is 36.4 Å². The second-order valence-electron chi connectivity index (χ2n) is 7.58. The summed E-state index contributed by atoms with van der Waals surface area (Å²) in [6, 6.07) is 11.5. The number of fused-ring (bicyclic) bond motifs is 1. The first kappa shape index (κ1) is 20.4. The van der Waals surface area contributed by atoms with Crippen LogP contribution in [0.5, 0.6) is 5.75 Å². The molecule has 1 aromatic carbocycles.